The van der Waals surface area contributed by atoms with Gasteiger partial charge < -0.3 is 10.7 Å². The molecule has 90 valence electrons. The second-order valence-electron chi connectivity index (χ2n) is 4.65. The van der Waals surface area contributed by atoms with Crippen LogP contribution in [0.15, 0.2) is 18.5 Å². The zero-order valence-corrected chi connectivity index (χ0v) is 10.6. The Balaban J connectivity index is 1.77. The van der Waals surface area contributed by atoms with Crippen molar-refractivity contribution in [3.63, 3.8) is 0 Å². The summed E-state index contributed by atoms with van der Waals surface area (Å²) in [6.07, 6.45) is 9.57. The molecule has 0 bridgehead atoms. The lowest BCUT2D eigenvalue weighted by Crippen LogP contribution is -2.12. The standard InChI is InChI=1S/C13H17N3S/c14-10(8-13-15-5-6-16-13)12-7-9-3-1-2-4-11(9)17-12/h5-7,10H,1-4,8,14H2,(H,15,16). The van der Waals surface area contributed by atoms with Gasteiger partial charge in [-0.15, -0.1) is 11.3 Å². The van der Waals surface area contributed by atoms with E-state index in [0.29, 0.717) is 0 Å². The van der Waals surface area contributed by atoms with Gasteiger partial charge in [0, 0.05) is 34.6 Å². The number of aromatic amines is 1. The number of nitrogens with one attached hydrogen (secondary N) is 1. The normalized spacial score (nSPS) is 16.8. The molecule has 2 aromatic heterocycles. The number of thiophene rings is 1. The monoisotopic (exact) mass is 247 g/mol. The van der Waals surface area contributed by atoms with Gasteiger partial charge in [0.2, 0.25) is 0 Å². The number of fused-ring (bicyclic) bond motifs is 1. The van der Waals surface area contributed by atoms with Gasteiger partial charge in [-0.25, -0.2) is 4.98 Å². The van der Waals surface area contributed by atoms with Gasteiger partial charge in [0.05, 0.1) is 0 Å². The van der Waals surface area contributed by atoms with E-state index in [1.54, 1.807) is 11.1 Å². The van der Waals surface area contributed by atoms with Crippen molar-refractivity contribution in [2.24, 2.45) is 5.73 Å². The summed E-state index contributed by atoms with van der Waals surface area (Å²) in [4.78, 5) is 10.2. The topological polar surface area (TPSA) is 54.7 Å². The second-order valence-corrected chi connectivity index (χ2v) is 5.82. The lowest BCUT2D eigenvalue weighted by molar-refractivity contribution is 0.692. The molecule has 3 N–H and O–H groups in total. The van der Waals surface area contributed by atoms with Gasteiger partial charge in [-0.1, -0.05) is 0 Å². The Morgan fingerprint density at radius 1 is 1.41 bits per heavy atom. The number of aryl methyl sites for hydroxylation is 2. The first-order valence-electron chi connectivity index (χ1n) is 6.18. The van der Waals surface area contributed by atoms with Gasteiger partial charge >= 0.3 is 0 Å². The fourth-order valence-corrected chi connectivity index (χ4v) is 3.67. The maximum Gasteiger partial charge on any atom is 0.107 e. The smallest absolute Gasteiger partial charge is 0.107 e. The molecule has 0 aromatic carbocycles. The highest BCUT2D eigenvalue weighted by molar-refractivity contribution is 7.12. The van der Waals surface area contributed by atoms with Crippen molar-refractivity contribution in [3.8, 4) is 0 Å². The van der Waals surface area contributed by atoms with Crippen LogP contribution < -0.4 is 5.73 Å². The number of H-pyrrole nitrogens is 1. The van der Waals surface area contributed by atoms with Crippen LogP contribution in [0.2, 0.25) is 0 Å². The summed E-state index contributed by atoms with van der Waals surface area (Å²) in [6.45, 7) is 0. The van der Waals surface area contributed by atoms with E-state index in [0.717, 1.165) is 12.2 Å². The van der Waals surface area contributed by atoms with Gasteiger partial charge in [0.15, 0.2) is 0 Å². The van der Waals surface area contributed by atoms with Crippen LogP contribution in [0.1, 0.15) is 40.0 Å². The first-order valence-corrected chi connectivity index (χ1v) is 7.00. The van der Waals surface area contributed by atoms with E-state index in [1.807, 2.05) is 17.5 Å². The van der Waals surface area contributed by atoms with Gasteiger partial charge in [-0.3, -0.25) is 0 Å². The largest absolute Gasteiger partial charge is 0.349 e. The summed E-state index contributed by atoms with van der Waals surface area (Å²) in [6, 6.07) is 2.39. The molecule has 4 heteroatoms. The molecule has 0 saturated carbocycles. The summed E-state index contributed by atoms with van der Waals surface area (Å²) in [7, 11) is 0. The molecule has 1 unspecified atom stereocenters. The molecule has 1 aliphatic carbocycles. The third-order valence-electron chi connectivity index (χ3n) is 3.35. The first kappa shape index (κ1) is 11.0. The Morgan fingerprint density at radius 3 is 3.06 bits per heavy atom. The lowest BCUT2D eigenvalue weighted by Gasteiger charge is -2.08. The number of imidazole rings is 1. The molecular weight excluding hydrogens is 230 g/mol. The third-order valence-corrected chi connectivity index (χ3v) is 4.72. The summed E-state index contributed by atoms with van der Waals surface area (Å²) in [5, 5.41) is 0. The van der Waals surface area contributed by atoms with E-state index in [1.165, 1.54) is 36.1 Å². The fraction of sp³-hybridized carbons (Fsp3) is 0.462. The van der Waals surface area contributed by atoms with E-state index < -0.39 is 0 Å². The van der Waals surface area contributed by atoms with Crippen molar-refractivity contribution >= 4 is 11.3 Å². The molecular formula is C13H17N3S. The first-order chi connectivity index (χ1) is 8.33. The molecule has 0 aliphatic heterocycles. The minimum Gasteiger partial charge on any atom is -0.349 e. The zero-order chi connectivity index (χ0) is 11.7. The highest BCUT2D eigenvalue weighted by atomic mass is 32.1. The number of hydrogen-bond acceptors (Lipinski definition) is 3. The van der Waals surface area contributed by atoms with Crippen molar-refractivity contribution in [3.05, 3.63) is 39.6 Å². The molecule has 17 heavy (non-hydrogen) atoms. The molecule has 2 heterocycles. The zero-order valence-electron chi connectivity index (χ0n) is 9.78. The van der Waals surface area contributed by atoms with Gasteiger partial charge in [-0.2, -0.15) is 0 Å². The van der Waals surface area contributed by atoms with E-state index in [9.17, 15) is 0 Å². The molecule has 0 saturated heterocycles. The molecule has 0 radical (unpaired) electrons. The van der Waals surface area contributed by atoms with Crippen molar-refractivity contribution in [1.82, 2.24) is 9.97 Å². The third kappa shape index (κ3) is 2.28. The summed E-state index contributed by atoms with van der Waals surface area (Å²) in [5.41, 5.74) is 7.78. The fourth-order valence-electron chi connectivity index (χ4n) is 2.41. The maximum absolute atomic E-state index is 6.25. The van der Waals surface area contributed by atoms with Gasteiger partial charge in [0.1, 0.15) is 5.82 Å². The molecule has 1 atom stereocenters. The summed E-state index contributed by atoms with van der Waals surface area (Å²) in [5.74, 6) is 0.976. The average molecular weight is 247 g/mol. The Bertz CT molecular complexity index is 463. The van der Waals surface area contributed by atoms with Crippen molar-refractivity contribution < 1.29 is 0 Å². The Hall–Kier alpha value is -1.13. The average Bonchev–Trinajstić information content (AvgIpc) is 2.96. The lowest BCUT2D eigenvalue weighted by atomic mass is 9.98. The van der Waals surface area contributed by atoms with Crippen LogP contribution in [0.3, 0.4) is 0 Å². The number of aromatic nitrogens is 2. The Labute approximate surface area is 105 Å². The van der Waals surface area contributed by atoms with Crippen LogP contribution in [0, 0.1) is 0 Å². The summed E-state index contributed by atoms with van der Waals surface area (Å²) >= 11 is 1.90. The summed E-state index contributed by atoms with van der Waals surface area (Å²) < 4.78 is 0. The molecule has 1 aliphatic rings. The molecule has 3 nitrogen and oxygen atoms in total. The van der Waals surface area contributed by atoms with Gasteiger partial charge in [-0.05, 0) is 37.3 Å². The van der Waals surface area contributed by atoms with Crippen molar-refractivity contribution in [2.45, 2.75) is 38.1 Å². The molecule has 3 rings (SSSR count). The number of nitrogens with zero attached hydrogens (tertiary/aromatic N) is 1. The molecule has 0 spiro atoms. The van der Waals surface area contributed by atoms with Crippen LogP contribution in [0.25, 0.3) is 0 Å². The van der Waals surface area contributed by atoms with E-state index >= 15 is 0 Å². The molecule has 0 amide bonds. The van der Waals surface area contributed by atoms with Crippen molar-refractivity contribution in [2.75, 3.05) is 0 Å². The van der Waals surface area contributed by atoms with Gasteiger partial charge in [0.25, 0.3) is 0 Å². The SMILES string of the molecule is NC(Cc1ncc[nH]1)c1cc2c(s1)CCCC2. The van der Waals surface area contributed by atoms with Crippen LogP contribution >= 0.6 is 11.3 Å². The Morgan fingerprint density at radius 2 is 2.29 bits per heavy atom. The second kappa shape index (κ2) is 4.63. The Kier molecular flexibility index (Phi) is 2.99. The van der Waals surface area contributed by atoms with E-state index in [2.05, 4.69) is 16.0 Å². The molecule has 0 fully saturated rings. The van der Waals surface area contributed by atoms with Crippen molar-refractivity contribution in [1.29, 1.82) is 0 Å². The highest BCUT2D eigenvalue weighted by Crippen LogP contribution is 2.32. The van der Waals surface area contributed by atoms with Crippen LogP contribution in [-0.4, -0.2) is 9.97 Å². The van der Waals surface area contributed by atoms with E-state index in [-0.39, 0.29) is 6.04 Å². The maximum atomic E-state index is 6.25. The van der Waals surface area contributed by atoms with E-state index in [4.69, 9.17) is 5.73 Å². The molecule has 2 aromatic rings. The van der Waals surface area contributed by atoms with Crippen LogP contribution in [-0.2, 0) is 19.3 Å². The number of rotatable bonds is 3. The predicted molar refractivity (Wildman–Crippen MR) is 70.2 cm³/mol. The van der Waals surface area contributed by atoms with Crippen LogP contribution in [0.5, 0.6) is 0 Å². The highest BCUT2D eigenvalue weighted by Gasteiger charge is 2.17. The number of hydrogen-bond donors (Lipinski definition) is 2. The predicted octanol–water partition coefficient (Wildman–Crippen LogP) is 2.59. The van der Waals surface area contributed by atoms with Crippen LogP contribution in [0.4, 0.5) is 0 Å². The minimum absolute atomic E-state index is 0.0803. The number of nitrogens with two attached hydrogens (primary N) is 1. The quantitative estimate of drug-likeness (QED) is 0.876. The minimum atomic E-state index is 0.0803.